The molecular weight excluding hydrogens is 476 g/mol. The standard InChI is InChI=1S/C10H14N2.C6H8O7.C4H6O6/c1-12-7-3-5-10(12)9-4-2-6-11-8-9;7-3(8)1-6(13,5(11)12)2-4(9)10;5-1(3(7)8)2(6)4(9)10/h2,4,6,8,10H,3,5,7H2,1H3;13H,1-2H2,(H,7,8)(H,9,10)(H,11,12);1-2,5-6H,(H,7,8)(H,9,10). The fourth-order valence-electron chi connectivity index (χ4n) is 2.89. The molecule has 0 aromatic carbocycles. The Morgan fingerprint density at radius 3 is 1.77 bits per heavy atom. The first kappa shape index (κ1) is 31.3. The minimum atomic E-state index is -2.74. The largest absolute Gasteiger partial charge is 0.481 e. The Kier molecular flexibility index (Phi) is 13.0. The number of pyridine rings is 1. The van der Waals surface area contributed by atoms with Gasteiger partial charge >= 0.3 is 29.8 Å². The summed E-state index contributed by atoms with van der Waals surface area (Å²) in [5.74, 6) is -8.56. The lowest BCUT2D eigenvalue weighted by atomic mass is 9.96. The third-order valence-electron chi connectivity index (χ3n) is 4.68. The Balaban J connectivity index is 0.000000500. The van der Waals surface area contributed by atoms with E-state index >= 15 is 0 Å². The van der Waals surface area contributed by atoms with Crippen LogP contribution in [0.4, 0.5) is 0 Å². The molecule has 3 unspecified atom stereocenters. The van der Waals surface area contributed by atoms with Gasteiger partial charge in [-0.15, -0.1) is 0 Å². The number of aliphatic carboxylic acids is 5. The summed E-state index contributed by atoms with van der Waals surface area (Å²) >= 11 is 0. The van der Waals surface area contributed by atoms with E-state index in [1.807, 2.05) is 18.5 Å². The zero-order valence-electron chi connectivity index (χ0n) is 18.6. The van der Waals surface area contributed by atoms with Crippen molar-refractivity contribution in [2.75, 3.05) is 13.6 Å². The molecule has 15 nitrogen and oxygen atoms in total. The minimum Gasteiger partial charge on any atom is -0.481 e. The maximum Gasteiger partial charge on any atom is 0.336 e. The lowest BCUT2D eigenvalue weighted by Gasteiger charge is -2.18. The van der Waals surface area contributed by atoms with Crippen molar-refractivity contribution in [2.45, 2.75) is 49.5 Å². The normalized spacial score (nSPS) is 17.0. The smallest absolute Gasteiger partial charge is 0.336 e. The molecule has 1 aromatic rings. The number of carbonyl (C=O) groups is 5. The molecule has 0 bridgehead atoms. The third-order valence-corrected chi connectivity index (χ3v) is 4.68. The molecule has 2 rings (SSSR count). The monoisotopic (exact) mass is 504 g/mol. The highest BCUT2D eigenvalue weighted by atomic mass is 16.4. The van der Waals surface area contributed by atoms with Gasteiger partial charge in [0.1, 0.15) is 0 Å². The van der Waals surface area contributed by atoms with Crippen molar-refractivity contribution in [2.24, 2.45) is 0 Å². The van der Waals surface area contributed by atoms with E-state index in [4.69, 9.17) is 40.9 Å². The van der Waals surface area contributed by atoms with Crippen LogP contribution in [0.3, 0.4) is 0 Å². The molecule has 3 atom stereocenters. The predicted octanol–water partition coefficient (Wildman–Crippen LogP) is -1.52. The molecule has 8 N–H and O–H groups in total. The van der Waals surface area contributed by atoms with Crippen LogP contribution in [0.1, 0.15) is 37.3 Å². The summed E-state index contributed by atoms with van der Waals surface area (Å²) in [5.41, 5.74) is -1.38. The number of carboxylic acids is 5. The van der Waals surface area contributed by atoms with Gasteiger partial charge in [-0.2, -0.15) is 0 Å². The van der Waals surface area contributed by atoms with E-state index in [2.05, 4.69) is 23.0 Å². The third kappa shape index (κ3) is 11.3. The molecule has 15 heteroatoms. The summed E-state index contributed by atoms with van der Waals surface area (Å²) in [6.45, 7) is 1.22. The van der Waals surface area contributed by atoms with E-state index in [1.165, 1.54) is 24.9 Å². The van der Waals surface area contributed by atoms with Crippen molar-refractivity contribution in [1.29, 1.82) is 0 Å². The summed E-state index contributed by atoms with van der Waals surface area (Å²) in [6, 6.07) is 4.79. The molecule has 1 saturated heterocycles. The zero-order valence-corrected chi connectivity index (χ0v) is 18.6. The van der Waals surface area contributed by atoms with Gasteiger partial charge in [-0.05, 0) is 38.1 Å². The fourth-order valence-corrected chi connectivity index (χ4v) is 2.89. The number of hydrogen-bond donors (Lipinski definition) is 8. The number of hydrogen-bond acceptors (Lipinski definition) is 10. The first-order valence-electron chi connectivity index (χ1n) is 9.93. The van der Waals surface area contributed by atoms with Gasteiger partial charge in [0, 0.05) is 18.4 Å². The molecule has 196 valence electrons. The molecule has 0 saturated carbocycles. The molecule has 0 spiro atoms. The average molecular weight is 504 g/mol. The number of nitrogens with zero attached hydrogens (tertiary/aromatic N) is 2. The molecule has 1 aromatic heterocycles. The number of rotatable bonds is 9. The Morgan fingerprint density at radius 1 is 1.00 bits per heavy atom. The van der Waals surface area contributed by atoms with E-state index in [9.17, 15) is 24.0 Å². The van der Waals surface area contributed by atoms with E-state index in [1.54, 1.807) is 0 Å². The maximum absolute atomic E-state index is 10.3. The Labute approximate surface area is 198 Å². The molecule has 1 aliphatic heterocycles. The van der Waals surface area contributed by atoms with Crippen LogP contribution < -0.4 is 0 Å². The van der Waals surface area contributed by atoms with Crippen molar-refractivity contribution >= 4 is 29.8 Å². The second-order valence-corrected chi connectivity index (χ2v) is 7.47. The van der Waals surface area contributed by atoms with Crippen molar-refractivity contribution in [1.82, 2.24) is 9.88 Å². The molecule has 2 heterocycles. The lowest BCUT2D eigenvalue weighted by molar-refractivity contribution is -0.170. The molecule has 35 heavy (non-hydrogen) atoms. The van der Waals surface area contributed by atoms with Gasteiger partial charge in [-0.25, -0.2) is 14.4 Å². The highest BCUT2D eigenvalue weighted by molar-refractivity contribution is 5.88. The average Bonchev–Trinajstić information content (AvgIpc) is 3.18. The van der Waals surface area contributed by atoms with Gasteiger partial charge < -0.3 is 40.9 Å². The van der Waals surface area contributed by atoms with Crippen molar-refractivity contribution in [3.8, 4) is 0 Å². The van der Waals surface area contributed by atoms with Crippen LogP contribution in [0.2, 0.25) is 0 Å². The molecule has 1 fully saturated rings. The number of aliphatic hydroxyl groups excluding tert-OH is 2. The van der Waals surface area contributed by atoms with Crippen LogP contribution in [0.15, 0.2) is 24.5 Å². The highest BCUT2D eigenvalue weighted by Gasteiger charge is 2.40. The van der Waals surface area contributed by atoms with E-state index in [-0.39, 0.29) is 0 Å². The SMILES string of the molecule is CN1CCCC1c1cccnc1.O=C(O)C(O)C(O)C(=O)O.O=C(O)CC(O)(CC(=O)O)C(=O)O. The summed E-state index contributed by atoms with van der Waals surface area (Å²) in [5, 5.41) is 66.3. The van der Waals surface area contributed by atoms with Gasteiger partial charge in [0.05, 0.1) is 12.8 Å². The Morgan fingerprint density at radius 2 is 1.49 bits per heavy atom. The lowest BCUT2D eigenvalue weighted by Crippen LogP contribution is -2.42. The van der Waals surface area contributed by atoms with Crippen LogP contribution >= 0.6 is 0 Å². The van der Waals surface area contributed by atoms with E-state index in [0.717, 1.165) is 0 Å². The Bertz CT molecular complexity index is 843. The molecule has 1 aliphatic rings. The molecule has 0 radical (unpaired) electrons. The number of aliphatic hydroxyl groups is 3. The van der Waals surface area contributed by atoms with Crippen LogP contribution in [0, 0.1) is 0 Å². The predicted molar refractivity (Wildman–Crippen MR) is 113 cm³/mol. The highest BCUT2D eigenvalue weighted by Crippen LogP contribution is 2.29. The van der Waals surface area contributed by atoms with Gasteiger partial charge in [0.2, 0.25) is 0 Å². The maximum atomic E-state index is 10.3. The van der Waals surface area contributed by atoms with E-state index in [0.29, 0.717) is 6.04 Å². The van der Waals surface area contributed by atoms with Gasteiger partial charge in [-0.1, -0.05) is 6.07 Å². The molecular formula is C20H28N2O13. The van der Waals surface area contributed by atoms with E-state index < -0.39 is 60.5 Å². The minimum absolute atomic E-state index is 0.610. The second-order valence-electron chi connectivity index (χ2n) is 7.47. The number of carboxylic acid groups (broad SMARTS) is 5. The fraction of sp³-hybridized carbons (Fsp3) is 0.500. The first-order valence-corrected chi connectivity index (χ1v) is 9.93. The van der Waals surface area contributed by atoms with Gasteiger partial charge in [0.25, 0.3) is 0 Å². The van der Waals surface area contributed by atoms with Gasteiger partial charge in [0.15, 0.2) is 17.8 Å². The van der Waals surface area contributed by atoms with Crippen LogP contribution in [0.5, 0.6) is 0 Å². The second kappa shape index (κ2) is 14.6. The number of likely N-dealkylation sites (tertiary alicyclic amines) is 1. The topological polar surface area (TPSA) is 263 Å². The van der Waals surface area contributed by atoms with Crippen molar-refractivity contribution < 1.29 is 64.8 Å². The van der Waals surface area contributed by atoms with Gasteiger partial charge in [-0.3, -0.25) is 19.5 Å². The molecule has 0 aliphatic carbocycles. The van der Waals surface area contributed by atoms with Crippen LogP contribution in [0.25, 0.3) is 0 Å². The quantitative estimate of drug-likeness (QED) is 0.190. The van der Waals surface area contributed by atoms with Crippen molar-refractivity contribution in [3.05, 3.63) is 30.1 Å². The number of aromatic nitrogens is 1. The van der Waals surface area contributed by atoms with Crippen molar-refractivity contribution in [3.63, 3.8) is 0 Å². The van der Waals surface area contributed by atoms with Crippen LogP contribution in [-0.4, -0.2) is 112 Å². The Hall–Kier alpha value is -3.66. The molecule has 0 amide bonds. The zero-order chi connectivity index (χ0) is 27.3. The van der Waals surface area contributed by atoms with Crippen LogP contribution in [-0.2, 0) is 24.0 Å². The summed E-state index contributed by atoms with van der Waals surface area (Å²) in [7, 11) is 2.19. The summed E-state index contributed by atoms with van der Waals surface area (Å²) < 4.78 is 0. The summed E-state index contributed by atoms with van der Waals surface area (Å²) in [4.78, 5) is 56.6. The summed E-state index contributed by atoms with van der Waals surface area (Å²) in [6.07, 6.45) is -0.415. The first-order chi connectivity index (χ1) is 16.1.